The van der Waals surface area contributed by atoms with Crippen molar-refractivity contribution in [3.63, 3.8) is 0 Å². The molecule has 5 atom stereocenters. The quantitative estimate of drug-likeness (QED) is 0.178. The molecule has 11 heteroatoms. The Balaban J connectivity index is 1.21. The Hall–Kier alpha value is -4.97. The zero-order valence-corrected chi connectivity index (χ0v) is 32.6. The predicted molar refractivity (Wildman–Crippen MR) is 211 cm³/mol. The Morgan fingerprint density at radius 3 is 2.31 bits per heavy atom. The molecule has 0 aromatic heterocycles. The molecule has 54 heavy (non-hydrogen) atoms. The van der Waals surface area contributed by atoms with Crippen molar-refractivity contribution in [2.75, 3.05) is 37.6 Å². The average Bonchev–Trinajstić information content (AvgIpc) is 3.85. The molecule has 2 saturated heterocycles. The fourth-order valence-electron chi connectivity index (χ4n) is 9.14. The van der Waals surface area contributed by atoms with Crippen LogP contribution in [0.2, 0.25) is 18.6 Å². The minimum absolute atomic E-state index is 0.0468. The van der Waals surface area contributed by atoms with Gasteiger partial charge in [-0.25, -0.2) is 0 Å². The maximum atomic E-state index is 15.2. The van der Waals surface area contributed by atoms with Gasteiger partial charge >= 0.3 is 0 Å². The van der Waals surface area contributed by atoms with Gasteiger partial charge in [0.25, 0.3) is 11.8 Å². The van der Waals surface area contributed by atoms with Crippen LogP contribution in [0.5, 0.6) is 11.5 Å². The van der Waals surface area contributed by atoms with Crippen LogP contribution in [0.1, 0.15) is 47.7 Å². The van der Waals surface area contributed by atoms with Gasteiger partial charge in [0.2, 0.25) is 5.91 Å². The van der Waals surface area contributed by atoms with Crippen LogP contribution in [0.15, 0.2) is 97.1 Å². The molecule has 7 rings (SSSR count). The number of aliphatic hydroxyl groups is 1. The number of anilines is 2. The van der Waals surface area contributed by atoms with Gasteiger partial charge in [-0.1, -0.05) is 67.7 Å². The molecule has 0 bridgehead atoms. The van der Waals surface area contributed by atoms with E-state index in [0.29, 0.717) is 23.5 Å². The Kier molecular flexibility index (Phi) is 10.4. The van der Waals surface area contributed by atoms with Crippen molar-refractivity contribution in [2.45, 2.75) is 69.1 Å². The van der Waals surface area contributed by atoms with Crippen molar-refractivity contribution in [3.05, 3.63) is 114 Å². The number of benzene rings is 4. The number of amides is 3. The van der Waals surface area contributed by atoms with E-state index in [1.165, 1.54) is 5.19 Å². The van der Waals surface area contributed by atoms with E-state index >= 15 is 4.79 Å². The number of nitrogens with zero attached hydrogens (tertiary/aromatic N) is 2. The Morgan fingerprint density at radius 2 is 1.63 bits per heavy atom. The lowest BCUT2D eigenvalue weighted by molar-refractivity contribution is -0.150. The van der Waals surface area contributed by atoms with Crippen LogP contribution in [0, 0.1) is 5.92 Å². The molecule has 2 fully saturated rings. The molecule has 0 unspecified atom stereocenters. The summed E-state index contributed by atoms with van der Waals surface area (Å²) in [4.78, 5) is 45.9. The maximum absolute atomic E-state index is 15.2. The second kappa shape index (κ2) is 15.0. The summed E-state index contributed by atoms with van der Waals surface area (Å²) < 4.78 is 17.9. The second-order valence-corrected chi connectivity index (χ2v) is 19.9. The lowest BCUT2D eigenvalue weighted by Gasteiger charge is -2.37. The topological polar surface area (TPSA) is 118 Å². The number of ether oxygens (including phenoxy) is 3. The number of carbonyl (C=O) groups is 3. The number of carbonyl (C=O) groups excluding carboxylic acids is 3. The number of likely N-dealkylation sites (tertiary alicyclic amines) is 1. The molecule has 3 aliphatic heterocycles. The van der Waals surface area contributed by atoms with Gasteiger partial charge < -0.3 is 34.4 Å². The molecule has 0 radical (unpaired) electrons. The Morgan fingerprint density at radius 1 is 0.944 bits per heavy atom. The first-order valence-corrected chi connectivity index (χ1v) is 21.8. The minimum Gasteiger partial charge on any atom is -0.497 e. The van der Waals surface area contributed by atoms with Crippen molar-refractivity contribution in [2.24, 2.45) is 5.92 Å². The Labute approximate surface area is 318 Å². The summed E-state index contributed by atoms with van der Waals surface area (Å²) in [6, 6.07) is 30.2. The monoisotopic (exact) mass is 747 g/mol. The van der Waals surface area contributed by atoms with Gasteiger partial charge in [-0.15, -0.1) is 0 Å². The van der Waals surface area contributed by atoms with Gasteiger partial charge in [0.1, 0.15) is 11.5 Å². The van der Waals surface area contributed by atoms with Gasteiger partial charge in [-0.2, -0.15) is 0 Å². The highest BCUT2D eigenvalue weighted by Crippen LogP contribution is 2.60. The van der Waals surface area contributed by atoms with E-state index in [1.807, 2.05) is 60.7 Å². The third kappa shape index (κ3) is 6.58. The lowest BCUT2D eigenvalue weighted by Crippen LogP contribution is -2.52. The molecule has 0 aliphatic carbocycles. The van der Waals surface area contributed by atoms with Crippen LogP contribution in [0.25, 0.3) is 0 Å². The number of hydrogen-bond acceptors (Lipinski definition) is 7. The summed E-state index contributed by atoms with van der Waals surface area (Å²) in [5, 5.41) is 14.2. The summed E-state index contributed by atoms with van der Waals surface area (Å²) >= 11 is 0. The highest BCUT2D eigenvalue weighted by atomic mass is 28.3. The van der Waals surface area contributed by atoms with Crippen molar-refractivity contribution >= 4 is 42.4 Å². The highest BCUT2D eigenvalue weighted by molar-refractivity contribution is 6.91. The number of fused-ring (bicyclic) bond motifs is 2. The summed E-state index contributed by atoms with van der Waals surface area (Å²) in [7, 11) is 0.776. The van der Waals surface area contributed by atoms with Crippen molar-refractivity contribution < 1.29 is 33.7 Å². The van der Waals surface area contributed by atoms with Gasteiger partial charge in [0, 0.05) is 29.3 Å². The second-order valence-electron chi connectivity index (χ2n) is 15.2. The third-order valence-corrected chi connectivity index (χ3v) is 16.3. The van der Waals surface area contributed by atoms with Crippen LogP contribution in [0.3, 0.4) is 0 Å². The minimum atomic E-state index is -2.46. The molecule has 3 aliphatic rings. The van der Waals surface area contributed by atoms with Crippen LogP contribution < -0.4 is 24.9 Å². The normalized spacial score (nSPS) is 23.5. The zero-order chi connectivity index (χ0) is 38.2. The number of aliphatic hydroxyl groups excluding tert-OH is 1. The van der Waals surface area contributed by atoms with E-state index in [1.54, 1.807) is 48.3 Å². The average molecular weight is 748 g/mol. The van der Waals surface area contributed by atoms with E-state index in [2.05, 4.69) is 37.5 Å². The number of hydrogen-bond donors (Lipinski definition) is 2. The van der Waals surface area contributed by atoms with Gasteiger partial charge in [0.05, 0.1) is 59.7 Å². The lowest BCUT2D eigenvalue weighted by atomic mass is 9.82. The number of nitrogens with one attached hydrogen (secondary N) is 1. The summed E-state index contributed by atoms with van der Waals surface area (Å²) in [5.74, 6) is 0.720. The van der Waals surface area contributed by atoms with E-state index in [0.717, 1.165) is 35.4 Å². The fourth-order valence-corrected chi connectivity index (χ4v) is 13.2. The maximum Gasteiger partial charge on any atom is 0.264 e. The number of para-hydroxylation sites is 1. The summed E-state index contributed by atoms with van der Waals surface area (Å²) in [6.45, 7) is 7.53. The Bertz CT molecular complexity index is 2020. The molecule has 3 amide bonds. The first kappa shape index (κ1) is 37.3. The molecule has 4 aromatic rings. The molecule has 4 aromatic carbocycles. The van der Waals surface area contributed by atoms with E-state index in [4.69, 9.17) is 14.2 Å². The summed E-state index contributed by atoms with van der Waals surface area (Å²) in [6.07, 6.45) is 1.23. The van der Waals surface area contributed by atoms with Crippen LogP contribution in [0.4, 0.5) is 11.4 Å². The van der Waals surface area contributed by atoms with E-state index < -0.39 is 19.8 Å². The van der Waals surface area contributed by atoms with Gasteiger partial charge in [-0.05, 0) is 78.5 Å². The molecule has 3 heterocycles. The predicted octanol–water partition coefficient (Wildman–Crippen LogP) is 6.09. The van der Waals surface area contributed by atoms with Gasteiger partial charge in [0.15, 0.2) is 5.60 Å². The smallest absolute Gasteiger partial charge is 0.264 e. The first-order chi connectivity index (χ1) is 26.0. The molecule has 1 spiro atoms. The zero-order valence-electron chi connectivity index (χ0n) is 31.6. The first-order valence-electron chi connectivity index (χ1n) is 18.7. The van der Waals surface area contributed by atoms with Crippen molar-refractivity contribution in [3.8, 4) is 11.5 Å². The van der Waals surface area contributed by atoms with Crippen molar-refractivity contribution in [1.29, 1.82) is 0 Å². The highest BCUT2D eigenvalue weighted by Gasteiger charge is 2.66. The molecule has 2 N–H and O–H groups in total. The molecule has 282 valence electrons. The number of rotatable bonds is 11. The molecular weight excluding hydrogens is 699 g/mol. The van der Waals surface area contributed by atoms with E-state index in [-0.39, 0.29) is 54.8 Å². The molecular formula is C43H49N3O7Si. The summed E-state index contributed by atoms with van der Waals surface area (Å²) in [5.41, 5.74) is 2.14. The third-order valence-electron chi connectivity index (χ3n) is 11.9. The van der Waals surface area contributed by atoms with Crippen LogP contribution in [-0.2, 0) is 26.5 Å². The fraction of sp³-hybridized carbons (Fsp3) is 0.372. The van der Waals surface area contributed by atoms with Crippen LogP contribution in [-0.4, -0.2) is 75.3 Å². The molecule has 10 nitrogen and oxygen atoms in total. The van der Waals surface area contributed by atoms with Gasteiger partial charge in [-0.3, -0.25) is 14.4 Å². The number of methoxy groups -OCH3 is 2. The SMILES string of the molecule is COc1ccc(C(=O)Nc2cccc(CN3C(=O)[C@@]4(O[C@@H](CC(=O)N5CCC[C@H]5CO)[C@H]([Si](C)(C)c5ccc(OC)cc5)[C@H]4C)c4ccccc43)c2)cc1. The van der Waals surface area contributed by atoms with E-state index in [9.17, 15) is 14.7 Å². The molecule has 0 saturated carbocycles. The van der Waals surface area contributed by atoms with Crippen LogP contribution >= 0.6 is 0 Å². The largest absolute Gasteiger partial charge is 0.497 e. The standard InChI is InChI=1S/C43H49N3O7Si/c1-28-40(54(4,5)35-21-19-34(52-3)20-22-35)38(25-39(48)45-23-9-12-32(45)27-47)53-43(28)36-13-6-7-14-37(36)46(42(43)50)26-29-10-8-11-31(24-29)44-41(49)30-15-17-33(51-2)18-16-30/h6-8,10-11,13-22,24,28,32,38,40,47H,9,12,23,25-27H2,1-5H3,(H,44,49)/t28-,32+,38+,40-,43+/m1/s1. The van der Waals surface area contributed by atoms with Crippen molar-refractivity contribution in [1.82, 2.24) is 4.90 Å².